The van der Waals surface area contributed by atoms with Crippen molar-refractivity contribution in [2.75, 3.05) is 5.32 Å². The molecule has 1 rings (SSSR count). The van der Waals surface area contributed by atoms with Crippen LogP contribution in [0.2, 0.25) is 0 Å². The molecule has 3 nitrogen and oxygen atoms in total. The highest BCUT2D eigenvalue weighted by atomic mass is 16.1. The smallest absolute Gasteiger partial charge is 0.224 e. The molecule has 1 aromatic rings. The van der Waals surface area contributed by atoms with Crippen molar-refractivity contribution in [2.45, 2.75) is 53.4 Å². The lowest BCUT2D eigenvalue weighted by atomic mass is 10.0. The third-order valence-electron chi connectivity index (χ3n) is 3.39. The summed E-state index contributed by atoms with van der Waals surface area (Å²) in [6, 6.07) is 7.18. The van der Waals surface area contributed by atoms with Gasteiger partial charge in [0.2, 0.25) is 5.91 Å². The molecule has 0 aliphatic rings. The fraction of sp³-hybridized carbons (Fsp3) is 0.556. The van der Waals surface area contributed by atoms with E-state index >= 15 is 0 Å². The van der Waals surface area contributed by atoms with Gasteiger partial charge in [0, 0.05) is 23.6 Å². The largest absolute Gasteiger partial charge is 0.326 e. The van der Waals surface area contributed by atoms with Crippen LogP contribution in [0.1, 0.15) is 63.7 Å². The van der Waals surface area contributed by atoms with Crippen molar-refractivity contribution in [1.29, 1.82) is 0 Å². The molecule has 0 saturated heterocycles. The number of anilines is 1. The lowest BCUT2D eigenvalue weighted by Gasteiger charge is -2.09. The summed E-state index contributed by atoms with van der Waals surface area (Å²) in [4.78, 5) is 23.8. The van der Waals surface area contributed by atoms with Gasteiger partial charge in [-0.25, -0.2) is 0 Å². The Hall–Kier alpha value is -1.64. The molecule has 0 heterocycles. The van der Waals surface area contributed by atoms with Gasteiger partial charge in [-0.2, -0.15) is 0 Å². The van der Waals surface area contributed by atoms with E-state index < -0.39 is 0 Å². The summed E-state index contributed by atoms with van der Waals surface area (Å²) >= 11 is 0. The number of rotatable bonds is 8. The van der Waals surface area contributed by atoms with Gasteiger partial charge < -0.3 is 5.32 Å². The molecular formula is C18H27NO2. The van der Waals surface area contributed by atoms with Crippen LogP contribution in [0.15, 0.2) is 24.3 Å². The summed E-state index contributed by atoms with van der Waals surface area (Å²) in [7, 11) is 0. The van der Waals surface area contributed by atoms with Crippen molar-refractivity contribution in [1.82, 2.24) is 0 Å². The van der Waals surface area contributed by atoms with Gasteiger partial charge >= 0.3 is 0 Å². The Morgan fingerprint density at radius 1 is 1.10 bits per heavy atom. The first-order valence-corrected chi connectivity index (χ1v) is 7.84. The van der Waals surface area contributed by atoms with E-state index in [1.165, 1.54) is 0 Å². The number of nitrogens with one attached hydrogen (secondary N) is 1. The van der Waals surface area contributed by atoms with Crippen LogP contribution in [0.5, 0.6) is 0 Å². The number of Topliss-reactive ketones (excluding diaryl/α,β-unsaturated/α-hetero) is 1. The zero-order valence-electron chi connectivity index (χ0n) is 13.6. The van der Waals surface area contributed by atoms with Crippen molar-refractivity contribution >= 4 is 17.4 Å². The van der Waals surface area contributed by atoms with E-state index in [1.807, 2.05) is 26.0 Å². The lowest BCUT2D eigenvalue weighted by Crippen LogP contribution is -2.12. The minimum Gasteiger partial charge on any atom is -0.326 e. The van der Waals surface area contributed by atoms with Gasteiger partial charge in [-0.1, -0.05) is 52.7 Å². The third kappa shape index (κ3) is 6.56. The average molecular weight is 289 g/mol. The molecule has 0 aliphatic carbocycles. The molecule has 21 heavy (non-hydrogen) atoms. The first kappa shape index (κ1) is 17.4. The van der Waals surface area contributed by atoms with E-state index in [-0.39, 0.29) is 17.6 Å². The van der Waals surface area contributed by atoms with E-state index in [1.54, 1.807) is 12.1 Å². The van der Waals surface area contributed by atoms with E-state index in [0.29, 0.717) is 23.6 Å². The Bertz CT molecular complexity index is 478. The fourth-order valence-corrected chi connectivity index (χ4v) is 2.15. The molecular weight excluding hydrogens is 262 g/mol. The molecule has 0 spiro atoms. The summed E-state index contributed by atoms with van der Waals surface area (Å²) in [5.41, 5.74) is 1.36. The first-order chi connectivity index (χ1) is 9.90. The third-order valence-corrected chi connectivity index (χ3v) is 3.39. The molecule has 3 heteroatoms. The Labute approximate surface area is 128 Å². The molecule has 1 amide bonds. The number of carbonyl (C=O) groups is 2. The van der Waals surface area contributed by atoms with Crippen LogP contribution < -0.4 is 5.32 Å². The summed E-state index contributed by atoms with van der Waals surface area (Å²) in [5, 5.41) is 2.87. The van der Waals surface area contributed by atoms with Gasteiger partial charge in [0.25, 0.3) is 0 Å². The molecule has 0 radical (unpaired) electrons. The number of benzene rings is 1. The molecule has 116 valence electrons. The maximum Gasteiger partial charge on any atom is 0.224 e. The van der Waals surface area contributed by atoms with Crippen molar-refractivity contribution in [3.05, 3.63) is 29.8 Å². The minimum atomic E-state index is -0.0352. The van der Waals surface area contributed by atoms with Crippen molar-refractivity contribution in [3.8, 4) is 0 Å². The SMILES string of the molecule is CC(C)CCCCC(=O)Nc1cccc(C(=O)C(C)C)c1. The van der Waals surface area contributed by atoms with Gasteiger partial charge in [-0.05, 0) is 24.5 Å². The van der Waals surface area contributed by atoms with Crippen molar-refractivity contribution < 1.29 is 9.59 Å². The quantitative estimate of drug-likeness (QED) is 0.558. The predicted octanol–water partition coefficient (Wildman–Crippen LogP) is 4.68. The second kappa shape index (κ2) is 8.60. The van der Waals surface area contributed by atoms with Crippen molar-refractivity contribution in [2.24, 2.45) is 11.8 Å². The molecule has 0 saturated carbocycles. The standard InChI is InChI=1S/C18H27NO2/c1-13(2)8-5-6-11-17(20)19-16-10-7-9-15(12-16)18(21)14(3)4/h7,9-10,12-14H,5-6,8,11H2,1-4H3,(H,19,20). The minimum absolute atomic E-state index is 0.0212. The molecule has 0 aromatic heterocycles. The molecule has 0 bridgehead atoms. The van der Waals surface area contributed by atoms with Gasteiger partial charge in [0.15, 0.2) is 5.78 Å². The van der Waals surface area contributed by atoms with Crippen LogP contribution in [0, 0.1) is 11.8 Å². The highest BCUT2D eigenvalue weighted by Gasteiger charge is 2.11. The number of ketones is 1. The number of amides is 1. The van der Waals surface area contributed by atoms with Gasteiger partial charge in [0.1, 0.15) is 0 Å². The molecule has 1 N–H and O–H groups in total. The Morgan fingerprint density at radius 3 is 2.43 bits per heavy atom. The molecule has 0 atom stereocenters. The Balaban J connectivity index is 2.49. The van der Waals surface area contributed by atoms with E-state index in [2.05, 4.69) is 19.2 Å². The number of hydrogen-bond acceptors (Lipinski definition) is 2. The summed E-state index contributed by atoms with van der Waals surface area (Å²) in [6.45, 7) is 8.14. The van der Waals surface area contributed by atoms with E-state index in [4.69, 9.17) is 0 Å². The van der Waals surface area contributed by atoms with Crippen LogP contribution >= 0.6 is 0 Å². The maximum atomic E-state index is 11.9. The highest BCUT2D eigenvalue weighted by molar-refractivity contribution is 5.99. The Morgan fingerprint density at radius 2 is 1.81 bits per heavy atom. The second-order valence-electron chi connectivity index (χ2n) is 6.29. The maximum absolute atomic E-state index is 11.9. The van der Waals surface area contributed by atoms with Gasteiger partial charge in [0.05, 0.1) is 0 Å². The summed E-state index contributed by atoms with van der Waals surface area (Å²) in [5.74, 6) is 0.773. The zero-order valence-corrected chi connectivity index (χ0v) is 13.6. The normalized spacial score (nSPS) is 11.0. The van der Waals surface area contributed by atoms with Crippen LogP contribution in [-0.4, -0.2) is 11.7 Å². The molecule has 0 unspecified atom stereocenters. The number of carbonyl (C=O) groups excluding carboxylic acids is 2. The average Bonchev–Trinajstić information content (AvgIpc) is 2.42. The monoisotopic (exact) mass is 289 g/mol. The van der Waals surface area contributed by atoms with Gasteiger partial charge in [-0.15, -0.1) is 0 Å². The van der Waals surface area contributed by atoms with Crippen LogP contribution in [0.3, 0.4) is 0 Å². The van der Waals surface area contributed by atoms with Gasteiger partial charge in [-0.3, -0.25) is 9.59 Å². The highest BCUT2D eigenvalue weighted by Crippen LogP contribution is 2.15. The van der Waals surface area contributed by atoms with Crippen LogP contribution in [-0.2, 0) is 4.79 Å². The zero-order chi connectivity index (χ0) is 15.8. The fourth-order valence-electron chi connectivity index (χ4n) is 2.15. The summed E-state index contributed by atoms with van der Waals surface area (Å²) < 4.78 is 0. The summed E-state index contributed by atoms with van der Waals surface area (Å²) in [6.07, 6.45) is 3.69. The predicted molar refractivity (Wildman–Crippen MR) is 87.5 cm³/mol. The number of hydrogen-bond donors (Lipinski definition) is 1. The van der Waals surface area contributed by atoms with Crippen LogP contribution in [0.25, 0.3) is 0 Å². The Kier molecular flexibility index (Phi) is 7.13. The topological polar surface area (TPSA) is 46.2 Å². The van der Waals surface area contributed by atoms with Crippen molar-refractivity contribution in [3.63, 3.8) is 0 Å². The van der Waals surface area contributed by atoms with E-state index in [9.17, 15) is 9.59 Å². The van der Waals surface area contributed by atoms with E-state index in [0.717, 1.165) is 19.3 Å². The number of unbranched alkanes of at least 4 members (excludes halogenated alkanes) is 1. The first-order valence-electron chi connectivity index (χ1n) is 7.84. The molecule has 0 aliphatic heterocycles. The molecule has 1 aromatic carbocycles. The van der Waals surface area contributed by atoms with Crippen LogP contribution in [0.4, 0.5) is 5.69 Å². The second-order valence-corrected chi connectivity index (χ2v) is 6.29. The lowest BCUT2D eigenvalue weighted by molar-refractivity contribution is -0.116. The molecule has 0 fully saturated rings.